The largest absolute Gasteiger partial charge is 0.394 e. The molecular formula is C12H24N2O3. The van der Waals surface area contributed by atoms with Crippen LogP contribution >= 0.6 is 0 Å². The van der Waals surface area contributed by atoms with Gasteiger partial charge in [-0.1, -0.05) is 13.3 Å². The smallest absolute Gasteiger partial charge is 0.233 e. The van der Waals surface area contributed by atoms with Crippen LogP contribution in [0.1, 0.15) is 32.6 Å². The highest BCUT2D eigenvalue weighted by Crippen LogP contribution is 2.19. The van der Waals surface area contributed by atoms with Gasteiger partial charge in [-0.05, 0) is 19.3 Å². The molecule has 0 aromatic rings. The first-order valence-electron chi connectivity index (χ1n) is 6.43. The van der Waals surface area contributed by atoms with Crippen molar-refractivity contribution in [1.29, 1.82) is 0 Å². The van der Waals surface area contributed by atoms with E-state index in [4.69, 9.17) is 4.74 Å². The van der Waals surface area contributed by atoms with E-state index in [1.54, 1.807) is 0 Å². The van der Waals surface area contributed by atoms with E-state index in [9.17, 15) is 9.90 Å². The first kappa shape index (κ1) is 14.4. The van der Waals surface area contributed by atoms with Gasteiger partial charge < -0.3 is 20.5 Å². The summed E-state index contributed by atoms with van der Waals surface area (Å²) in [7, 11) is 0. The fourth-order valence-corrected chi connectivity index (χ4v) is 1.89. The minimum atomic E-state index is -0.333. The van der Waals surface area contributed by atoms with Crippen molar-refractivity contribution in [2.45, 2.75) is 38.1 Å². The summed E-state index contributed by atoms with van der Waals surface area (Å²) >= 11 is 0. The lowest BCUT2D eigenvalue weighted by molar-refractivity contribution is -0.121. The molecule has 0 radical (unpaired) electrons. The van der Waals surface area contributed by atoms with Gasteiger partial charge >= 0.3 is 0 Å². The third-order valence-electron chi connectivity index (χ3n) is 3.23. The zero-order valence-corrected chi connectivity index (χ0v) is 10.6. The number of unbranched alkanes of at least 4 members (excludes halogenated alkanes) is 1. The molecule has 5 heteroatoms. The number of aliphatic hydroxyl groups is 1. The summed E-state index contributed by atoms with van der Waals surface area (Å²) in [5.74, 6) is -0.00207. The van der Waals surface area contributed by atoms with E-state index in [0.29, 0.717) is 13.2 Å². The standard InChI is InChI=1S/C12H24N2O3/c1-2-3-6-13-11(16)9-14-12(10-15)4-7-17-8-5-12/h14-15H,2-10H2,1H3,(H,13,16). The minimum Gasteiger partial charge on any atom is -0.394 e. The van der Waals surface area contributed by atoms with E-state index in [0.717, 1.165) is 32.2 Å². The van der Waals surface area contributed by atoms with Gasteiger partial charge in [-0.15, -0.1) is 0 Å². The van der Waals surface area contributed by atoms with Crippen molar-refractivity contribution in [2.24, 2.45) is 0 Å². The van der Waals surface area contributed by atoms with Crippen molar-refractivity contribution in [1.82, 2.24) is 10.6 Å². The van der Waals surface area contributed by atoms with Gasteiger partial charge in [0.15, 0.2) is 0 Å². The highest BCUT2D eigenvalue weighted by molar-refractivity contribution is 5.78. The molecule has 1 heterocycles. The van der Waals surface area contributed by atoms with Gasteiger partial charge in [-0.3, -0.25) is 4.79 Å². The van der Waals surface area contributed by atoms with Crippen molar-refractivity contribution in [3.8, 4) is 0 Å². The molecule has 0 unspecified atom stereocenters. The lowest BCUT2D eigenvalue weighted by Crippen LogP contribution is -2.54. The molecule has 1 saturated heterocycles. The van der Waals surface area contributed by atoms with E-state index in [2.05, 4.69) is 17.6 Å². The molecule has 1 fully saturated rings. The van der Waals surface area contributed by atoms with Gasteiger partial charge in [0.05, 0.1) is 13.2 Å². The maximum atomic E-state index is 11.5. The Morgan fingerprint density at radius 2 is 2.12 bits per heavy atom. The number of nitrogens with one attached hydrogen (secondary N) is 2. The molecule has 1 rings (SSSR count). The predicted molar refractivity (Wildman–Crippen MR) is 65.8 cm³/mol. The molecule has 1 aliphatic heterocycles. The molecule has 17 heavy (non-hydrogen) atoms. The van der Waals surface area contributed by atoms with Crippen LogP contribution in [0.4, 0.5) is 0 Å². The summed E-state index contributed by atoms with van der Waals surface area (Å²) in [4.78, 5) is 11.5. The second kappa shape index (κ2) is 7.63. The van der Waals surface area contributed by atoms with Crippen molar-refractivity contribution >= 4 is 5.91 Å². The Hall–Kier alpha value is -0.650. The van der Waals surface area contributed by atoms with Crippen molar-refractivity contribution in [2.75, 3.05) is 32.9 Å². The van der Waals surface area contributed by atoms with Gasteiger partial charge in [0.1, 0.15) is 0 Å². The fraction of sp³-hybridized carbons (Fsp3) is 0.917. The fourth-order valence-electron chi connectivity index (χ4n) is 1.89. The number of carbonyl (C=O) groups excluding carboxylic acids is 1. The first-order chi connectivity index (χ1) is 8.22. The lowest BCUT2D eigenvalue weighted by Gasteiger charge is -2.36. The van der Waals surface area contributed by atoms with Crippen LogP contribution in [0, 0.1) is 0 Å². The second-order valence-electron chi connectivity index (χ2n) is 4.61. The van der Waals surface area contributed by atoms with E-state index in [1.807, 2.05) is 0 Å². The molecule has 0 spiro atoms. The highest BCUT2D eigenvalue weighted by atomic mass is 16.5. The summed E-state index contributed by atoms with van der Waals surface area (Å²) in [5, 5.41) is 15.4. The van der Waals surface area contributed by atoms with Gasteiger partial charge in [-0.2, -0.15) is 0 Å². The van der Waals surface area contributed by atoms with Crippen molar-refractivity contribution in [3.05, 3.63) is 0 Å². The summed E-state index contributed by atoms with van der Waals surface area (Å²) in [6.45, 7) is 4.43. The summed E-state index contributed by atoms with van der Waals surface area (Å²) in [5.41, 5.74) is -0.333. The third-order valence-corrected chi connectivity index (χ3v) is 3.23. The molecule has 0 aliphatic carbocycles. The van der Waals surface area contributed by atoms with Gasteiger partial charge in [0.2, 0.25) is 5.91 Å². The molecule has 1 aliphatic rings. The van der Waals surface area contributed by atoms with Crippen LogP contribution < -0.4 is 10.6 Å². The van der Waals surface area contributed by atoms with Gasteiger partial charge in [0.25, 0.3) is 0 Å². The number of aliphatic hydroxyl groups excluding tert-OH is 1. The first-order valence-corrected chi connectivity index (χ1v) is 6.43. The number of amides is 1. The van der Waals surface area contributed by atoms with Crippen LogP contribution in [-0.2, 0) is 9.53 Å². The van der Waals surface area contributed by atoms with Crippen LogP contribution in [0.15, 0.2) is 0 Å². The Morgan fingerprint density at radius 1 is 1.41 bits per heavy atom. The number of rotatable bonds is 7. The number of hydrogen-bond acceptors (Lipinski definition) is 4. The Balaban J connectivity index is 2.24. The van der Waals surface area contributed by atoms with E-state index in [-0.39, 0.29) is 24.6 Å². The molecular weight excluding hydrogens is 220 g/mol. The monoisotopic (exact) mass is 244 g/mol. The maximum Gasteiger partial charge on any atom is 0.233 e. The number of carbonyl (C=O) groups is 1. The minimum absolute atomic E-state index is 0.00207. The Bertz CT molecular complexity index is 228. The molecule has 0 atom stereocenters. The quantitative estimate of drug-likeness (QED) is 0.553. The predicted octanol–water partition coefficient (Wildman–Crippen LogP) is 0.0338. The van der Waals surface area contributed by atoms with E-state index >= 15 is 0 Å². The number of hydrogen-bond donors (Lipinski definition) is 3. The Morgan fingerprint density at radius 3 is 2.71 bits per heavy atom. The molecule has 5 nitrogen and oxygen atoms in total. The van der Waals surface area contributed by atoms with Crippen LogP contribution in [0.5, 0.6) is 0 Å². The average Bonchev–Trinajstić information content (AvgIpc) is 2.38. The summed E-state index contributed by atoms with van der Waals surface area (Å²) in [6, 6.07) is 0. The number of ether oxygens (including phenoxy) is 1. The average molecular weight is 244 g/mol. The van der Waals surface area contributed by atoms with Crippen molar-refractivity contribution < 1.29 is 14.6 Å². The second-order valence-corrected chi connectivity index (χ2v) is 4.61. The Labute approximate surface area is 103 Å². The van der Waals surface area contributed by atoms with Crippen LogP contribution in [0.3, 0.4) is 0 Å². The van der Waals surface area contributed by atoms with E-state index in [1.165, 1.54) is 0 Å². The molecule has 0 saturated carbocycles. The molecule has 1 amide bonds. The van der Waals surface area contributed by atoms with Gasteiger partial charge in [-0.25, -0.2) is 0 Å². The molecule has 100 valence electrons. The van der Waals surface area contributed by atoms with Crippen LogP contribution in [-0.4, -0.2) is 49.5 Å². The lowest BCUT2D eigenvalue weighted by atomic mass is 9.91. The van der Waals surface area contributed by atoms with E-state index < -0.39 is 0 Å². The van der Waals surface area contributed by atoms with Crippen molar-refractivity contribution in [3.63, 3.8) is 0 Å². The SMILES string of the molecule is CCCCNC(=O)CNC1(CO)CCOCC1. The zero-order valence-electron chi connectivity index (χ0n) is 10.6. The molecule has 0 aromatic carbocycles. The third kappa shape index (κ3) is 5.02. The van der Waals surface area contributed by atoms with Gasteiger partial charge in [0, 0.05) is 25.3 Å². The van der Waals surface area contributed by atoms with Crippen LogP contribution in [0.2, 0.25) is 0 Å². The highest BCUT2D eigenvalue weighted by Gasteiger charge is 2.31. The van der Waals surface area contributed by atoms with Crippen LogP contribution in [0.25, 0.3) is 0 Å². The summed E-state index contributed by atoms with van der Waals surface area (Å²) < 4.78 is 5.26. The normalized spacial score (nSPS) is 18.9. The zero-order chi connectivity index (χ0) is 12.6. The summed E-state index contributed by atoms with van der Waals surface area (Å²) in [6.07, 6.45) is 3.59. The topological polar surface area (TPSA) is 70.6 Å². The molecule has 3 N–H and O–H groups in total. The molecule has 0 bridgehead atoms. The Kier molecular flexibility index (Phi) is 6.47. The maximum absolute atomic E-state index is 11.5. The molecule has 0 aromatic heterocycles.